The standard InChI is InChI=1S/C9H10IN2/c1-6-3-7-5-11-12-9(7)8(4-6)10-2/h3-5H,1-2H3,(H,11,12)/q-1. The van der Waals surface area contributed by atoms with E-state index in [1.165, 1.54) is 20.0 Å². The molecule has 0 radical (unpaired) electrons. The summed E-state index contributed by atoms with van der Waals surface area (Å²) in [4.78, 5) is 2.27. The Morgan fingerprint density at radius 1 is 1.42 bits per heavy atom. The molecule has 12 heavy (non-hydrogen) atoms. The van der Waals surface area contributed by atoms with Crippen LogP contribution in [0.5, 0.6) is 0 Å². The summed E-state index contributed by atoms with van der Waals surface area (Å²) in [5, 5.41) is 8.33. The number of aromatic nitrogens is 2. The van der Waals surface area contributed by atoms with Crippen LogP contribution in [0.25, 0.3) is 10.9 Å². The number of aryl methyl sites for hydroxylation is 1. The minimum atomic E-state index is 0.145. The average molecular weight is 273 g/mol. The van der Waals surface area contributed by atoms with Gasteiger partial charge in [-0.1, -0.05) is 0 Å². The fraction of sp³-hybridized carbons (Fsp3) is 0.222. The molecule has 0 atom stereocenters. The van der Waals surface area contributed by atoms with Crippen LogP contribution < -0.4 is 21.2 Å². The first-order valence-corrected chi connectivity index (χ1v) is 6.98. The van der Waals surface area contributed by atoms with Crippen LogP contribution >= 0.6 is 0 Å². The van der Waals surface area contributed by atoms with E-state index >= 15 is 0 Å². The Labute approximate surface area is 81.6 Å². The van der Waals surface area contributed by atoms with Gasteiger partial charge < -0.3 is 0 Å². The van der Waals surface area contributed by atoms with Gasteiger partial charge in [-0.25, -0.2) is 0 Å². The molecule has 1 aromatic heterocycles. The number of nitrogens with zero attached hydrogens (tertiary/aromatic N) is 1. The van der Waals surface area contributed by atoms with Gasteiger partial charge in [-0.2, -0.15) is 0 Å². The minimum absolute atomic E-state index is 0.145. The molecule has 1 heterocycles. The van der Waals surface area contributed by atoms with Crippen LogP contribution in [-0.2, 0) is 0 Å². The first kappa shape index (κ1) is 8.04. The van der Waals surface area contributed by atoms with E-state index in [0.29, 0.717) is 0 Å². The number of alkyl halides is 1. The molecule has 64 valence electrons. The second-order valence-electron chi connectivity index (χ2n) is 2.77. The molecule has 0 spiro atoms. The monoisotopic (exact) mass is 273 g/mol. The Kier molecular flexibility index (Phi) is 2.04. The Bertz CT molecular complexity index is 406. The molecule has 2 rings (SSSR count). The molecule has 0 amide bonds. The predicted molar refractivity (Wildman–Crippen MR) is 45.5 cm³/mol. The molecular weight excluding hydrogens is 263 g/mol. The Balaban J connectivity index is 2.80. The van der Waals surface area contributed by atoms with Gasteiger partial charge in [0.15, 0.2) is 0 Å². The van der Waals surface area contributed by atoms with Crippen molar-refractivity contribution in [3.8, 4) is 0 Å². The summed E-state index contributed by atoms with van der Waals surface area (Å²) in [6.45, 7) is 2.13. The van der Waals surface area contributed by atoms with Crippen LogP contribution in [0.3, 0.4) is 0 Å². The summed E-state index contributed by atoms with van der Waals surface area (Å²) in [6.07, 6.45) is 1.89. The zero-order valence-corrected chi connectivity index (χ0v) is 9.21. The van der Waals surface area contributed by atoms with Gasteiger partial charge in [0, 0.05) is 0 Å². The molecule has 0 aliphatic heterocycles. The Morgan fingerprint density at radius 3 is 3.00 bits per heavy atom. The maximum atomic E-state index is 4.04. The molecule has 0 aliphatic carbocycles. The number of aromatic amines is 1. The van der Waals surface area contributed by atoms with Crippen molar-refractivity contribution >= 4 is 10.9 Å². The van der Waals surface area contributed by atoms with Crippen molar-refractivity contribution in [1.82, 2.24) is 10.2 Å². The van der Waals surface area contributed by atoms with Crippen LogP contribution in [0.15, 0.2) is 18.3 Å². The van der Waals surface area contributed by atoms with Gasteiger partial charge in [0.2, 0.25) is 0 Å². The number of hydrogen-bond donors (Lipinski definition) is 1. The van der Waals surface area contributed by atoms with Gasteiger partial charge in [-0.3, -0.25) is 0 Å². The third kappa shape index (κ3) is 1.22. The van der Waals surface area contributed by atoms with E-state index in [-0.39, 0.29) is 21.2 Å². The zero-order chi connectivity index (χ0) is 8.55. The second-order valence-corrected chi connectivity index (χ2v) is 5.01. The van der Waals surface area contributed by atoms with E-state index in [0.717, 1.165) is 0 Å². The van der Waals surface area contributed by atoms with Crippen LogP contribution in [-0.4, -0.2) is 15.1 Å². The summed E-state index contributed by atoms with van der Waals surface area (Å²) < 4.78 is 1.46. The molecule has 0 saturated heterocycles. The first-order valence-electron chi connectivity index (χ1n) is 3.74. The summed E-state index contributed by atoms with van der Waals surface area (Å²) in [7, 11) is 0. The SMILES string of the molecule is C[I-]c1cc(C)cc2cn[nH]c12. The first-order chi connectivity index (χ1) is 5.81. The Hall–Kier alpha value is -0.580. The van der Waals surface area contributed by atoms with E-state index < -0.39 is 0 Å². The van der Waals surface area contributed by atoms with Gasteiger partial charge in [-0.05, 0) is 0 Å². The molecule has 0 fully saturated rings. The van der Waals surface area contributed by atoms with Crippen LogP contribution in [0.1, 0.15) is 5.56 Å². The summed E-state index contributed by atoms with van der Waals surface area (Å²) in [5.74, 6) is 0. The summed E-state index contributed by atoms with van der Waals surface area (Å²) >= 11 is 0.145. The number of benzene rings is 1. The van der Waals surface area contributed by atoms with Crippen molar-refractivity contribution in [3.63, 3.8) is 0 Å². The molecule has 2 nitrogen and oxygen atoms in total. The number of H-pyrrole nitrogens is 1. The third-order valence-corrected chi connectivity index (χ3v) is 3.86. The Morgan fingerprint density at radius 2 is 2.25 bits per heavy atom. The number of rotatable bonds is 1. The summed E-state index contributed by atoms with van der Waals surface area (Å²) in [5.41, 5.74) is 2.57. The topological polar surface area (TPSA) is 28.7 Å². The summed E-state index contributed by atoms with van der Waals surface area (Å²) in [6, 6.07) is 4.43. The predicted octanol–water partition coefficient (Wildman–Crippen LogP) is -1.24. The van der Waals surface area contributed by atoms with E-state index in [2.05, 4.69) is 34.2 Å². The number of nitrogens with one attached hydrogen (secondary N) is 1. The molecule has 2 aromatic rings. The number of hydrogen-bond acceptors (Lipinski definition) is 1. The van der Waals surface area contributed by atoms with Gasteiger partial charge in [0.25, 0.3) is 0 Å². The molecule has 0 aliphatic rings. The van der Waals surface area contributed by atoms with E-state index in [1.54, 1.807) is 0 Å². The maximum absolute atomic E-state index is 4.04. The quantitative estimate of drug-likeness (QED) is 0.511. The average Bonchev–Trinajstić information content (AvgIpc) is 2.50. The molecule has 1 N–H and O–H groups in total. The van der Waals surface area contributed by atoms with Gasteiger partial charge in [0.1, 0.15) is 0 Å². The molecule has 0 saturated carbocycles. The van der Waals surface area contributed by atoms with Crippen LogP contribution in [0, 0.1) is 10.5 Å². The molecule has 0 bridgehead atoms. The fourth-order valence-corrected chi connectivity index (χ4v) is 3.08. The second kappa shape index (κ2) is 3.05. The van der Waals surface area contributed by atoms with Gasteiger partial charge in [0.05, 0.1) is 0 Å². The molecule has 1 aromatic carbocycles. The van der Waals surface area contributed by atoms with Crippen molar-refractivity contribution in [2.75, 3.05) is 4.93 Å². The van der Waals surface area contributed by atoms with Crippen molar-refractivity contribution < 1.29 is 21.2 Å². The van der Waals surface area contributed by atoms with E-state index in [1.807, 2.05) is 6.20 Å². The number of halogens is 1. The molecule has 3 heteroatoms. The van der Waals surface area contributed by atoms with E-state index in [9.17, 15) is 0 Å². The normalized spacial score (nSPS) is 11.2. The van der Waals surface area contributed by atoms with Gasteiger partial charge >= 0.3 is 81.6 Å². The molecular formula is C9H10IN2-. The van der Waals surface area contributed by atoms with Crippen molar-refractivity contribution in [3.05, 3.63) is 27.5 Å². The van der Waals surface area contributed by atoms with Crippen molar-refractivity contribution in [2.24, 2.45) is 0 Å². The molecule has 0 unspecified atom stereocenters. The van der Waals surface area contributed by atoms with Gasteiger partial charge in [-0.15, -0.1) is 0 Å². The number of fused-ring (bicyclic) bond motifs is 1. The zero-order valence-electron chi connectivity index (χ0n) is 7.06. The third-order valence-electron chi connectivity index (χ3n) is 1.85. The van der Waals surface area contributed by atoms with E-state index in [4.69, 9.17) is 0 Å². The van der Waals surface area contributed by atoms with Crippen LogP contribution in [0.2, 0.25) is 0 Å². The van der Waals surface area contributed by atoms with Crippen molar-refractivity contribution in [1.29, 1.82) is 0 Å². The fourth-order valence-electron chi connectivity index (χ4n) is 1.30. The van der Waals surface area contributed by atoms with Crippen molar-refractivity contribution in [2.45, 2.75) is 6.92 Å². The van der Waals surface area contributed by atoms with Crippen LogP contribution in [0.4, 0.5) is 0 Å².